The fraction of sp³-hybridized carbons (Fsp3) is 0.409. The summed E-state index contributed by atoms with van der Waals surface area (Å²) in [5.41, 5.74) is 1.57. The van der Waals surface area contributed by atoms with E-state index in [1.807, 2.05) is 54.2 Å². The van der Waals surface area contributed by atoms with E-state index in [1.54, 1.807) is 0 Å². The highest BCUT2D eigenvalue weighted by atomic mass is 32.2. The third kappa shape index (κ3) is 3.61. The van der Waals surface area contributed by atoms with E-state index in [0.717, 1.165) is 54.2 Å². The first-order valence-electron chi connectivity index (χ1n) is 9.48. The minimum Gasteiger partial charge on any atom is -0.489 e. The maximum absolute atomic E-state index is 13.3. The zero-order chi connectivity index (χ0) is 17.8. The van der Waals surface area contributed by atoms with Gasteiger partial charge in [0.15, 0.2) is 0 Å². The average molecular weight is 368 g/mol. The monoisotopic (exact) mass is 367 g/mol. The molecule has 4 heteroatoms. The van der Waals surface area contributed by atoms with Crippen LogP contribution >= 0.6 is 11.8 Å². The third-order valence-corrected chi connectivity index (χ3v) is 6.71. The lowest BCUT2D eigenvalue weighted by Gasteiger charge is -2.36. The van der Waals surface area contributed by atoms with Gasteiger partial charge < -0.3 is 10.1 Å². The molecule has 26 heavy (non-hydrogen) atoms. The first-order valence-corrected chi connectivity index (χ1v) is 10.6. The standard InChI is InChI=1S/C22H25NO2S/c24-21(22(13-5-2-6-14-22)17-7-3-1-4-8-17)23-18-9-11-19(12-10-18)25-20-15-26-16-20/h1,3-4,7-12,20H,2,5-6,13-16H2,(H,23,24). The van der Waals surface area contributed by atoms with Crippen LogP contribution in [0.2, 0.25) is 0 Å². The summed E-state index contributed by atoms with van der Waals surface area (Å²) in [6, 6.07) is 18.1. The van der Waals surface area contributed by atoms with Crippen LogP contribution in [-0.2, 0) is 10.2 Å². The van der Waals surface area contributed by atoms with Crippen LogP contribution in [0.1, 0.15) is 37.7 Å². The molecule has 0 aromatic heterocycles. The van der Waals surface area contributed by atoms with E-state index in [9.17, 15) is 4.79 Å². The number of anilines is 1. The van der Waals surface area contributed by atoms with Crippen LogP contribution in [0, 0.1) is 0 Å². The Labute approximate surface area is 159 Å². The Morgan fingerprint density at radius 2 is 1.65 bits per heavy atom. The summed E-state index contributed by atoms with van der Waals surface area (Å²) in [6.45, 7) is 0. The largest absolute Gasteiger partial charge is 0.489 e. The number of carbonyl (C=O) groups is 1. The average Bonchev–Trinajstić information content (AvgIpc) is 2.67. The van der Waals surface area contributed by atoms with Gasteiger partial charge in [-0.15, -0.1) is 0 Å². The summed E-state index contributed by atoms with van der Waals surface area (Å²) in [7, 11) is 0. The quantitative estimate of drug-likeness (QED) is 0.806. The van der Waals surface area contributed by atoms with Crippen molar-refractivity contribution in [2.45, 2.75) is 43.6 Å². The topological polar surface area (TPSA) is 38.3 Å². The van der Waals surface area contributed by atoms with Crippen LogP contribution < -0.4 is 10.1 Å². The molecule has 3 nitrogen and oxygen atoms in total. The Hall–Kier alpha value is -1.94. The molecule has 0 bridgehead atoms. The Morgan fingerprint density at radius 1 is 0.962 bits per heavy atom. The van der Waals surface area contributed by atoms with Crippen molar-refractivity contribution in [3.05, 3.63) is 60.2 Å². The van der Waals surface area contributed by atoms with Crippen LogP contribution in [0.3, 0.4) is 0 Å². The first-order chi connectivity index (χ1) is 12.8. The molecule has 0 radical (unpaired) electrons. The molecule has 136 valence electrons. The highest BCUT2D eigenvalue weighted by molar-refractivity contribution is 8.00. The SMILES string of the molecule is O=C(Nc1ccc(OC2CSC2)cc1)C1(c2ccccc2)CCCCC1. The molecule has 1 N–H and O–H groups in total. The molecule has 2 aliphatic rings. The summed E-state index contributed by atoms with van der Waals surface area (Å²) in [4.78, 5) is 13.3. The Kier molecular flexibility index (Phi) is 5.21. The Morgan fingerprint density at radius 3 is 2.27 bits per heavy atom. The maximum atomic E-state index is 13.3. The van der Waals surface area contributed by atoms with Crippen LogP contribution in [0.15, 0.2) is 54.6 Å². The lowest BCUT2D eigenvalue weighted by molar-refractivity contribution is -0.122. The van der Waals surface area contributed by atoms with Crippen molar-refractivity contribution in [2.24, 2.45) is 0 Å². The lowest BCUT2D eigenvalue weighted by atomic mass is 9.68. The third-order valence-electron chi connectivity index (χ3n) is 5.49. The van der Waals surface area contributed by atoms with Crippen LogP contribution in [-0.4, -0.2) is 23.5 Å². The fourth-order valence-electron chi connectivity index (χ4n) is 3.90. The van der Waals surface area contributed by atoms with Gasteiger partial charge in [-0.1, -0.05) is 49.6 Å². The summed E-state index contributed by atoms with van der Waals surface area (Å²) >= 11 is 1.91. The highest BCUT2D eigenvalue weighted by Crippen LogP contribution is 2.40. The van der Waals surface area contributed by atoms with E-state index in [1.165, 1.54) is 6.42 Å². The van der Waals surface area contributed by atoms with E-state index in [-0.39, 0.29) is 5.91 Å². The lowest BCUT2D eigenvalue weighted by Crippen LogP contribution is -2.42. The zero-order valence-electron chi connectivity index (χ0n) is 14.9. The number of nitrogens with one attached hydrogen (secondary N) is 1. The van der Waals surface area contributed by atoms with Gasteiger partial charge in [-0.05, 0) is 42.7 Å². The normalized spacial score (nSPS) is 19.4. The van der Waals surface area contributed by atoms with E-state index < -0.39 is 5.41 Å². The van der Waals surface area contributed by atoms with Gasteiger partial charge in [0, 0.05) is 17.2 Å². The molecule has 0 spiro atoms. The van der Waals surface area contributed by atoms with Gasteiger partial charge in [0.2, 0.25) is 5.91 Å². The predicted octanol–water partition coefficient (Wildman–Crippen LogP) is 5.02. The van der Waals surface area contributed by atoms with Gasteiger partial charge in [0.25, 0.3) is 0 Å². The number of amides is 1. The molecule has 1 heterocycles. The van der Waals surface area contributed by atoms with Crippen molar-refractivity contribution in [3.8, 4) is 5.75 Å². The molecule has 1 aliphatic carbocycles. The Bertz CT molecular complexity index is 734. The van der Waals surface area contributed by atoms with Crippen LogP contribution in [0.25, 0.3) is 0 Å². The second kappa shape index (κ2) is 7.75. The number of rotatable bonds is 5. The molecular weight excluding hydrogens is 342 g/mol. The molecule has 0 unspecified atom stereocenters. The molecule has 2 aromatic rings. The van der Waals surface area contributed by atoms with Gasteiger partial charge in [0.1, 0.15) is 11.9 Å². The number of hydrogen-bond donors (Lipinski definition) is 1. The molecule has 2 aromatic carbocycles. The number of hydrogen-bond acceptors (Lipinski definition) is 3. The Balaban J connectivity index is 1.49. The fourth-order valence-corrected chi connectivity index (χ4v) is 4.47. The van der Waals surface area contributed by atoms with E-state index in [2.05, 4.69) is 17.4 Å². The minimum atomic E-state index is -0.405. The molecule has 1 aliphatic heterocycles. The molecule has 2 fully saturated rings. The van der Waals surface area contributed by atoms with Crippen molar-refractivity contribution >= 4 is 23.4 Å². The summed E-state index contributed by atoms with van der Waals surface area (Å²) in [6.07, 6.45) is 5.60. The molecule has 4 rings (SSSR count). The second-order valence-corrected chi connectivity index (χ2v) is 8.34. The summed E-state index contributed by atoms with van der Waals surface area (Å²) in [5.74, 6) is 3.13. The molecule has 1 saturated heterocycles. The van der Waals surface area contributed by atoms with Crippen molar-refractivity contribution in [1.29, 1.82) is 0 Å². The van der Waals surface area contributed by atoms with Gasteiger partial charge in [-0.25, -0.2) is 0 Å². The van der Waals surface area contributed by atoms with Gasteiger partial charge in [0.05, 0.1) is 5.41 Å². The summed E-state index contributed by atoms with van der Waals surface area (Å²) < 4.78 is 5.88. The highest BCUT2D eigenvalue weighted by Gasteiger charge is 2.41. The summed E-state index contributed by atoms with van der Waals surface area (Å²) in [5, 5.41) is 3.16. The number of benzene rings is 2. The van der Waals surface area contributed by atoms with Crippen molar-refractivity contribution < 1.29 is 9.53 Å². The number of ether oxygens (including phenoxy) is 1. The number of thioether (sulfide) groups is 1. The van der Waals surface area contributed by atoms with Gasteiger partial charge in [-0.2, -0.15) is 11.8 Å². The zero-order valence-corrected chi connectivity index (χ0v) is 15.8. The van der Waals surface area contributed by atoms with E-state index in [4.69, 9.17) is 4.74 Å². The van der Waals surface area contributed by atoms with Crippen LogP contribution in [0.5, 0.6) is 5.75 Å². The second-order valence-electron chi connectivity index (χ2n) is 7.26. The molecule has 0 atom stereocenters. The van der Waals surface area contributed by atoms with Gasteiger partial charge in [-0.3, -0.25) is 4.79 Å². The molecular formula is C22H25NO2S. The van der Waals surface area contributed by atoms with Crippen LogP contribution in [0.4, 0.5) is 5.69 Å². The molecule has 1 saturated carbocycles. The number of carbonyl (C=O) groups excluding carboxylic acids is 1. The van der Waals surface area contributed by atoms with Crippen molar-refractivity contribution in [1.82, 2.24) is 0 Å². The minimum absolute atomic E-state index is 0.118. The predicted molar refractivity (Wildman–Crippen MR) is 108 cm³/mol. The van der Waals surface area contributed by atoms with E-state index in [0.29, 0.717) is 6.10 Å². The maximum Gasteiger partial charge on any atom is 0.235 e. The van der Waals surface area contributed by atoms with Gasteiger partial charge >= 0.3 is 0 Å². The van der Waals surface area contributed by atoms with Crippen molar-refractivity contribution in [2.75, 3.05) is 16.8 Å². The molecule has 1 amide bonds. The van der Waals surface area contributed by atoms with Crippen molar-refractivity contribution in [3.63, 3.8) is 0 Å². The smallest absolute Gasteiger partial charge is 0.235 e. The van der Waals surface area contributed by atoms with E-state index >= 15 is 0 Å². The first kappa shape index (κ1) is 17.5.